The first kappa shape index (κ1) is 21.2. The van der Waals surface area contributed by atoms with Crippen LogP contribution in [-0.4, -0.2) is 54.2 Å². The summed E-state index contributed by atoms with van der Waals surface area (Å²) >= 11 is 5.87. The van der Waals surface area contributed by atoms with E-state index >= 15 is 0 Å². The molecule has 1 atom stereocenters. The molecule has 0 aliphatic carbocycles. The van der Waals surface area contributed by atoms with Crippen molar-refractivity contribution in [1.29, 1.82) is 5.26 Å². The topological polar surface area (TPSA) is 94.4 Å². The Morgan fingerprint density at radius 1 is 1.24 bits per heavy atom. The summed E-state index contributed by atoms with van der Waals surface area (Å²) in [5.74, 6) is -0.189. The van der Waals surface area contributed by atoms with Crippen molar-refractivity contribution in [1.82, 2.24) is 14.2 Å². The lowest BCUT2D eigenvalue weighted by Gasteiger charge is -2.39. The molecule has 1 aliphatic heterocycles. The Labute approximate surface area is 175 Å². The zero-order valence-electron chi connectivity index (χ0n) is 16.4. The maximum atomic E-state index is 13.1. The second-order valence-corrected chi connectivity index (χ2v) is 9.36. The molecule has 9 heteroatoms. The molecular weight excluding hydrogens is 412 g/mol. The molecule has 3 rings (SSSR count). The van der Waals surface area contributed by atoms with E-state index in [1.807, 2.05) is 13.0 Å². The smallest absolute Gasteiger partial charge is 0.256 e. The number of sulfonamides is 1. The van der Waals surface area contributed by atoms with Crippen molar-refractivity contribution in [3.63, 3.8) is 0 Å². The Bertz CT molecular complexity index is 1110. The largest absolute Gasteiger partial charge is 0.333 e. The molecule has 1 fully saturated rings. The third-order valence-electron chi connectivity index (χ3n) is 5.06. The van der Waals surface area contributed by atoms with Crippen molar-refractivity contribution in [2.24, 2.45) is 0 Å². The van der Waals surface area contributed by atoms with Crippen LogP contribution in [0.25, 0.3) is 0 Å². The van der Waals surface area contributed by atoms with Gasteiger partial charge in [0.15, 0.2) is 0 Å². The molecule has 152 valence electrons. The zero-order valence-corrected chi connectivity index (χ0v) is 18.0. The Morgan fingerprint density at radius 3 is 2.55 bits per heavy atom. The van der Waals surface area contributed by atoms with Crippen LogP contribution < -0.4 is 0 Å². The fourth-order valence-corrected chi connectivity index (χ4v) is 5.41. The van der Waals surface area contributed by atoms with E-state index in [1.54, 1.807) is 36.9 Å². The number of carbonyl (C=O) groups excluding carboxylic acids is 1. The SMILES string of the molecule is Cc1cc(C#N)ccc1S(=O)(=O)N1CCN(C(=O)c2ccc(Cl)nc2C)C(C)C1. The number of pyridine rings is 1. The maximum absolute atomic E-state index is 13.1. The summed E-state index contributed by atoms with van der Waals surface area (Å²) in [6.07, 6.45) is 0. The van der Waals surface area contributed by atoms with Gasteiger partial charge in [0.1, 0.15) is 5.15 Å². The van der Waals surface area contributed by atoms with Crippen LogP contribution >= 0.6 is 11.6 Å². The first-order valence-corrected chi connectivity index (χ1v) is 10.9. The van der Waals surface area contributed by atoms with Gasteiger partial charge in [-0.25, -0.2) is 13.4 Å². The molecule has 1 amide bonds. The Morgan fingerprint density at radius 2 is 1.97 bits per heavy atom. The van der Waals surface area contributed by atoms with Gasteiger partial charge in [-0.15, -0.1) is 0 Å². The van der Waals surface area contributed by atoms with Crippen LogP contribution in [-0.2, 0) is 10.0 Å². The van der Waals surface area contributed by atoms with Gasteiger partial charge < -0.3 is 4.90 Å². The molecule has 2 heterocycles. The summed E-state index contributed by atoms with van der Waals surface area (Å²) in [5, 5.41) is 9.31. The Kier molecular flexibility index (Phi) is 5.94. The lowest BCUT2D eigenvalue weighted by atomic mass is 10.1. The van der Waals surface area contributed by atoms with Gasteiger partial charge in [-0.05, 0) is 56.7 Å². The van der Waals surface area contributed by atoms with Gasteiger partial charge in [0, 0.05) is 25.7 Å². The molecule has 0 N–H and O–H groups in total. The number of aromatic nitrogens is 1. The van der Waals surface area contributed by atoms with E-state index in [9.17, 15) is 13.2 Å². The summed E-state index contributed by atoms with van der Waals surface area (Å²) in [7, 11) is -3.72. The second-order valence-electron chi connectivity index (χ2n) is 7.07. The van der Waals surface area contributed by atoms with Crippen molar-refractivity contribution >= 4 is 27.5 Å². The molecule has 1 aromatic heterocycles. The summed E-state index contributed by atoms with van der Waals surface area (Å²) in [6.45, 7) is 5.87. The number of carbonyl (C=O) groups is 1. The van der Waals surface area contributed by atoms with E-state index < -0.39 is 10.0 Å². The first-order valence-electron chi connectivity index (χ1n) is 9.10. The number of hydrogen-bond acceptors (Lipinski definition) is 5. The van der Waals surface area contributed by atoms with Crippen LogP contribution in [0, 0.1) is 25.2 Å². The average molecular weight is 433 g/mol. The van der Waals surface area contributed by atoms with Gasteiger partial charge in [-0.3, -0.25) is 4.79 Å². The van der Waals surface area contributed by atoms with E-state index in [-0.39, 0.29) is 36.5 Å². The molecule has 0 radical (unpaired) electrons. The maximum Gasteiger partial charge on any atom is 0.256 e. The normalized spacial score (nSPS) is 17.8. The van der Waals surface area contributed by atoms with E-state index in [0.717, 1.165) is 0 Å². The van der Waals surface area contributed by atoms with Gasteiger partial charge in [0.25, 0.3) is 5.91 Å². The highest BCUT2D eigenvalue weighted by Gasteiger charge is 2.35. The summed E-state index contributed by atoms with van der Waals surface area (Å²) in [4.78, 5) is 18.9. The van der Waals surface area contributed by atoms with Crippen LogP contribution in [0.1, 0.15) is 34.1 Å². The van der Waals surface area contributed by atoms with Crippen molar-refractivity contribution in [3.8, 4) is 6.07 Å². The molecule has 0 bridgehead atoms. The number of piperazine rings is 1. The predicted octanol–water partition coefficient (Wildman–Crippen LogP) is 2.76. The van der Waals surface area contributed by atoms with Gasteiger partial charge in [0.2, 0.25) is 10.0 Å². The number of halogens is 1. The van der Waals surface area contributed by atoms with Crippen LogP contribution in [0.2, 0.25) is 5.15 Å². The second kappa shape index (κ2) is 8.11. The predicted molar refractivity (Wildman–Crippen MR) is 109 cm³/mol. The molecule has 1 aliphatic rings. The highest BCUT2D eigenvalue weighted by molar-refractivity contribution is 7.89. The third-order valence-corrected chi connectivity index (χ3v) is 7.29. The minimum absolute atomic E-state index is 0.182. The summed E-state index contributed by atoms with van der Waals surface area (Å²) in [6, 6.07) is 9.44. The van der Waals surface area contributed by atoms with E-state index in [0.29, 0.717) is 27.5 Å². The number of aryl methyl sites for hydroxylation is 2. The minimum Gasteiger partial charge on any atom is -0.333 e. The molecule has 1 unspecified atom stereocenters. The molecule has 0 spiro atoms. The fourth-order valence-electron chi connectivity index (χ4n) is 3.50. The van der Waals surface area contributed by atoms with Crippen molar-refractivity contribution in [2.45, 2.75) is 31.7 Å². The Balaban J connectivity index is 1.80. The lowest BCUT2D eigenvalue weighted by molar-refractivity contribution is 0.0590. The quantitative estimate of drug-likeness (QED) is 0.695. The van der Waals surface area contributed by atoms with E-state index in [1.165, 1.54) is 16.4 Å². The van der Waals surface area contributed by atoms with Crippen molar-refractivity contribution in [2.75, 3.05) is 19.6 Å². The van der Waals surface area contributed by atoms with Gasteiger partial charge in [-0.2, -0.15) is 9.57 Å². The number of rotatable bonds is 3. The van der Waals surface area contributed by atoms with E-state index in [2.05, 4.69) is 4.98 Å². The number of nitriles is 1. The number of benzene rings is 1. The standard InChI is InChI=1S/C20H21ClN4O3S/c1-13-10-16(11-22)4-6-18(13)29(27,28)24-8-9-25(14(2)12-24)20(26)17-5-7-19(21)23-15(17)3/h4-7,10,14H,8-9,12H2,1-3H3. The zero-order chi connectivity index (χ0) is 21.3. The first-order chi connectivity index (χ1) is 13.6. The van der Waals surface area contributed by atoms with Crippen LogP contribution in [0.15, 0.2) is 35.2 Å². The molecule has 1 saturated heterocycles. The third kappa shape index (κ3) is 4.13. The molecule has 0 saturated carbocycles. The summed E-state index contributed by atoms with van der Waals surface area (Å²) in [5.41, 5.74) is 1.94. The minimum atomic E-state index is -3.72. The van der Waals surface area contributed by atoms with E-state index in [4.69, 9.17) is 16.9 Å². The molecule has 1 aromatic carbocycles. The average Bonchev–Trinajstić information content (AvgIpc) is 2.67. The summed E-state index contributed by atoms with van der Waals surface area (Å²) < 4.78 is 27.6. The fraction of sp³-hybridized carbons (Fsp3) is 0.350. The van der Waals surface area contributed by atoms with Gasteiger partial charge in [0.05, 0.1) is 27.8 Å². The lowest BCUT2D eigenvalue weighted by Crippen LogP contribution is -2.55. The van der Waals surface area contributed by atoms with Crippen LogP contribution in [0.3, 0.4) is 0 Å². The van der Waals surface area contributed by atoms with Crippen LogP contribution in [0.4, 0.5) is 0 Å². The number of hydrogen-bond donors (Lipinski definition) is 0. The highest BCUT2D eigenvalue weighted by atomic mass is 35.5. The number of nitrogens with zero attached hydrogens (tertiary/aromatic N) is 4. The number of amides is 1. The van der Waals surface area contributed by atoms with Crippen molar-refractivity contribution in [3.05, 3.63) is 57.9 Å². The molecule has 29 heavy (non-hydrogen) atoms. The molecule has 7 nitrogen and oxygen atoms in total. The molecule has 2 aromatic rings. The molecular formula is C20H21ClN4O3S. The monoisotopic (exact) mass is 432 g/mol. The van der Waals surface area contributed by atoms with Crippen LogP contribution in [0.5, 0.6) is 0 Å². The van der Waals surface area contributed by atoms with Crippen molar-refractivity contribution < 1.29 is 13.2 Å². The Hall–Kier alpha value is -2.47. The van der Waals surface area contributed by atoms with Gasteiger partial charge >= 0.3 is 0 Å². The highest BCUT2D eigenvalue weighted by Crippen LogP contribution is 2.25. The van der Waals surface area contributed by atoms with Gasteiger partial charge in [-0.1, -0.05) is 11.6 Å².